The number of hydrogen-bond acceptors (Lipinski definition) is 6. The number of phosphoric acid groups is 1. The van der Waals surface area contributed by atoms with Crippen molar-refractivity contribution in [3.63, 3.8) is 0 Å². The molecule has 0 aromatic rings. The van der Waals surface area contributed by atoms with Crippen LogP contribution in [0.4, 0.5) is 0 Å². The van der Waals surface area contributed by atoms with Crippen molar-refractivity contribution >= 4 is 7.82 Å². The molecule has 0 bridgehead atoms. The third kappa shape index (κ3) is 24.2. The third-order valence-electron chi connectivity index (χ3n) is 2.75. The topological polar surface area (TPSA) is 86.3 Å². The van der Waals surface area contributed by atoms with Crippen LogP contribution in [-0.4, -0.2) is 57.6 Å². The summed E-state index contributed by atoms with van der Waals surface area (Å²) >= 11 is 0. The smallest absolute Gasteiger partial charge is 0.379 e. The van der Waals surface area contributed by atoms with Gasteiger partial charge < -0.3 is 19.7 Å². The quantitative estimate of drug-likeness (QED) is 0.318. The highest BCUT2D eigenvalue weighted by atomic mass is 31.2. The van der Waals surface area contributed by atoms with Gasteiger partial charge in [0, 0.05) is 13.2 Å². The fourth-order valence-electron chi connectivity index (χ4n) is 1.41. The van der Waals surface area contributed by atoms with Gasteiger partial charge in [0.25, 0.3) is 0 Å². The molecule has 0 rings (SSSR count). The second-order valence-electron chi connectivity index (χ2n) is 5.02. The highest BCUT2D eigenvalue weighted by Crippen LogP contribution is 2.42. The van der Waals surface area contributed by atoms with Crippen molar-refractivity contribution in [3.8, 4) is 0 Å². The molecule has 0 aliphatic rings. The van der Waals surface area contributed by atoms with E-state index in [0.717, 1.165) is 38.8 Å². The summed E-state index contributed by atoms with van der Waals surface area (Å²) in [6.45, 7) is 12.5. The van der Waals surface area contributed by atoms with Crippen LogP contribution in [0.1, 0.15) is 53.4 Å². The van der Waals surface area contributed by atoms with Crippen LogP contribution in [0.2, 0.25) is 0 Å². The molecule has 0 fully saturated rings. The molecule has 0 saturated heterocycles. The normalized spacial score (nSPS) is 11.2. The maximum Gasteiger partial charge on any atom is 0.472 e. The molecule has 0 atom stereocenters. The van der Waals surface area contributed by atoms with E-state index in [0.29, 0.717) is 26.4 Å². The Kier molecular flexibility index (Phi) is 23.0. The summed E-state index contributed by atoms with van der Waals surface area (Å²) in [5, 5.41) is 3.11. The summed E-state index contributed by atoms with van der Waals surface area (Å²) in [4.78, 5) is 9.32. The van der Waals surface area contributed by atoms with E-state index in [1.165, 1.54) is 0 Å². The van der Waals surface area contributed by atoms with E-state index in [2.05, 4.69) is 33.0 Å². The molecule has 0 amide bonds. The minimum atomic E-state index is -3.96. The lowest BCUT2D eigenvalue weighted by molar-refractivity contribution is 0.0569. The van der Waals surface area contributed by atoms with Crippen LogP contribution >= 0.6 is 7.82 Å². The average Bonchev–Trinajstić information content (AvgIpc) is 2.55. The lowest BCUT2D eigenvalue weighted by atomic mass is 10.4. The Labute approximate surface area is 148 Å². The van der Waals surface area contributed by atoms with Crippen molar-refractivity contribution in [2.45, 2.75) is 53.4 Å². The first-order chi connectivity index (χ1) is 11.5. The molecule has 2 N–H and O–H groups in total. The van der Waals surface area contributed by atoms with Crippen LogP contribution in [0.3, 0.4) is 0 Å². The standard InChI is InChI=1S/C12H27O6P.C4H11N/c1-3-5-7-15-9-11-17-19(13,14)18-12-10-16-8-6-4-2;1-3-5-4-2/h3-12H2,1-2H3,(H,13,14);5H,3-4H2,1-2H3. The van der Waals surface area contributed by atoms with Gasteiger partial charge in [-0.3, -0.25) is 9.05 Å². The lowest BCUT2D eigenvalue weighted by Crippen LogP contribution is -2.09. The van der Waals surface area contributed by atoms with E-state index < -0.39 is 7.82 Å². The number of nitrogens with one attached hydrogen (secondary N) is 1. The van der Waals surface area contributed by atoms with Gasteiger partial charge in [0.05, 0.1) is 26.4 Å². The Morgan fingerprint density at radius 1 is 0.750 bits per heavy atom. The fourth-order valence-corrected chi connectivity index (χ4v) is 2.09. The van der Waals surface area contributed by atoms with Crippen LogP contribution in [0, 0.1) is 0 Å². The number of unbranched alkanes of at least 4 members (excludes halogenated alkanes) is 2. The summed E-state index contributed by atoms with van der Waals surface area (Å²) in [5.41, 5.74) is 0. The van der Waals surface area contributed by atoms with Gasteiger partial charge in [-0.15, -0.1) is 0 Å². The molecule has 0 aliphatic carbocycles. The van der Waals surface area contributed by atoms with Crippen molar-refractivity contribution in [2.75, 3.05) is 52.7 Å². The summed E-state index contributed by atoms with van der Waals surface area (Å²) in [5.74, 6) is 0. The average molecular weight is 371 g/mol. The van der Waals surface area contributed by atoms with Gasteiger partial charge in [-0.2, -0.15) is 0 Å². The van der Waals surface area contributed by atoms with Crippen LogP contribution in [0.25, 0.3) is 0 Å². The zero-order valence-corrected chi connectivity index (χ0v) is 16.8. The molecule has 0 aromatic heterocycles. The molecule has 0 saturated carbocycles. The SMILES string of the molecule is CCCCOCCOP(=O)(O)OCCOCCCC.CCNCC. The predicted molar refractivity (Wildman–Crippen MR) is 97.4 cm³/mol. The second kappa shape index (κ2) is 21.0. The number of ether oxygens (including phenoxy) is 2. The van der Waals surface area contributed by atoms with E-state index in [4.69, 9.17) is 18.5 Å². The highest BCUT2D eigenvalue weighted by molar-refractivity contribution is 7.47. The van der Waals surface area contributed by atoms with Crippen LogP contribution in [-0.2, 0) is 23.1 Å². The number of rotatable bonds is 16. The molecule has 0 unspecified atom stereocenters. The van der Waals surface area contributed by atoms with Gasteiger partial charge in [-0.25, -0.2) is 4.57 Å². The molecule has 0 aliphatic heterocycles. The molecule has 8 heteroatoms. The first-order valence-electron chi connectivity index (χ1n) is 9.02. The van der Waals surface area contributed by atoms with E-state index in [1.807, 2.05) is 0 Å². The van der Waals surface area contributed by atoms with Gasteiger partial charge in [0.2, 0.25) is 0 Å². The van der Waals surface area contributed by atoms with E-state index in [-0.39, 0.29) is 13.2 Å². The van der Waals surface area contributed by atoms with Crippen LogP contribution < -0.4 is 5.32 Å². The summed E-state index contributed by atoms with van der Waals surface area (Å²) in [6.07, 6.45) is 4.06. The summed E-state index contributed by atoms with van der Waals surface area (Å²) < 4.78 is 31.3. The molecule has 148 valence electrons. The number of hydrogen-bond donors (Lipinski definition) is 2. The van der Waals surface area contributed by atoms with E-state index in [9.17, 15) is 9.46 Å². The van der Waals surface area contributed by atoms with Crippen molar-refractivity contribution in [3.05, 3.63) is 0 Å². The summed E-state index contributed by atoms with van der Waals surface area (Å²) in [7, 11) is -3.96. The Morgan fingerprint density at radius 3 is 1.46 bits per heavy atom. The van der Waals surface area contributed by atoms with Crippen molar-refractivity contribution in [2.24, 2.45) is 0 Å². The van der Waals surface area contributed by atoms with Crippen molar-refractivity contribution < 1.29 is 28.0 Å². The van der Waals surface area contributed by atoms with Gasteiger partial charge in [0.1, 0.15) is 0 Å². The highest BCUT2D eigenvalue weighted by Gasteiger charge is 2.20. The third-order valence-corrected chi connectivity index (χ3v) is 3.77. The lowest BCUT2D eigenvalue weighted by Gasteiger charge is -2.12. The van der Waals surface area contributed by atoms with E-state index >= 15 is 0 Å². The van der Waals surface area contributed by atoms with Crippen LogP contribution in [0.15, 0.2) is 0 Å². The Hall–Kier alpha value is -0.0100. The first-order valence-corrected chi connectivity index (χ1v) is 10.5. The maximum absolute atomic E-state index is 11.4. The monoisotopic (exact) mass is 371 g/mol. The molecule has 0 aromatic carbocycles. The van der Waals surface area contributed by atoms with Crippen molar-refractivity contribution in [1.82, 2.24) is 5.32 Å². The molecule has 24 heavy (non-hydrogen) atoms. The van der Waals surface area contributed by atoms with Gasteiger partial charge in [0.15, 0.2) is 0 Å². The van der Waals surface area contributed by atoms with Crippen LogP contribution in [0.5, 0.6) is 0 Å². The largest absolute Gasteiger partial charge is 0.472 e. The second-order valence-corrected chi connectivity index (χ2v) is 6.48. The fraction of sp³-hybridized carbons (Fsp3) is 1.00. The molecular formula is C16H38NO6P. The maximum atomic E-state index is 11.4. The zero-order valence-electron chi connectivity index (χ0n) is 15.9. The first kappa shape index (κ1) is 26.2. The Balaban J connectivity index is 0. The molecule has 0 heterocycles. The molecule has 0 radical (unpaired) electrons. The minimum absolute atomic E-state index is 0.0498. The molecular weight excluding hydrogens is 333 g/mol. The zero-order chi connectivity index (χ0) is 18.5. The van der Waals surface area contributed by atoms with Gasteiger partial charge in [-0.05, 0) is 25.9 Å². The van der Waals surface area contributed by atoms with Crippen molar-refractivity contribution in [1.29, 1.82) is 0 Å². The minimum Gasteiger partial charge on any atom is -0.379 e. The Morgan fingerprint density at radius 2 is 1.17 bits per heavy atom. The predicted octanol–water partition coefficient (Wildman–Crippen LogP) is 3.37. The number of phosphoric ester groups is 1. The van der Waals surface area contributed by atoms with Gasteiger partial charge in [-0.1, -0.05) is 40.5 Å². The van der Waals surface area contributed by atoms with E-state index in [1.54, 1.807) is 0 Å². The summed E-state index contributed by atoms with van der Waals surface area (Å²) in [6, 6.07) is 0. The molecule has 0 spiro atoms. The molecule has 7 nitrogen and oxygen atoms in total. The Bertz CT molecular complexity index is 259. The van der Waals surface area contributed by atoms with Gasteiger partial charge >= 0.3 is 7.82 Å².